The first-order chi connectivity index (χ1) is 9.78. The van der Waals surface area contributed by atoms with Crippen molar-refractivity contribution in [1.29, 1.82) is 0 Å². The van der Waals surface area contributed by atoms with Crippen molar-refractivity contribution in [1.82, 2.24) is 5.01 Å². The summed E-state index contributed by atoms with van der Waals surface area (Å²) in [7, 11) is 0. The number of halogens is 1. The minimum atomic E-state index is -0.0178. The van der Waals surface area contributed by atoms with Crippen LogP contribution in [-0.4, -0.2) is 17.1 Å². The zero-order valence-electron chi connectivity index (χ0n) is 10.7. The van der Waals surface area contributed by atoms with E-state index in [4.69, 9.17) is 0 Å². The van der Waals surface area contributed by atoms with Gasteiger partial charge in [-0.25, -0.2) is 5.01 Å². The van der Waals surface area contributed by atoms with Crippen molar-refractivity contribution in [2.45, 2.75) is 12.5 Å². The molecule has 20 heavy (non-hydrogen) atoms. The zero-order valence-corrected chi connectivity index (χ0v) is 12.3. The summed E-state index contributed by atoms with van der Waals surface area (Å²) >= 11 is 3.42. The van der Waals surface area contributed by atoms with Crippen molar-refractivity contribution >= 4 is 28.1 Å². The second-order valence-corrected chi connectivity index (χ2v) is 5.59. The fourth-order valence-electron chi connectivity index (χ4n) is 2.39. The Labute approximate surface area is 126 Å². The lowest BCUT2D eigenvalue weighted by atomic mass is 9.99. The van der Waals surface area contributed by atoms with Gasteiger partial charge in [0.05, 0.1) is 11.8 Å². The number of hydrazone groups is 1. The van der Waals surface area contributed by atoms with Crippen LogP contribution in [0.3, 0.4) is 0 Å². The van der Waals surface area contributed by atoms with Crippen LogP contribution in [0.25, 0.3) is 0 Å². The Morgan fingerprint density at radius 3 is 2.45 bits per heavy atom. The maximum absolute atomic E-state index is 11.2. The van der Waals surface area contributed by atoms with Crippen LogP contribution in [0.1, 0.15) is 23.6 Å². The number of hydrogen-bond donors (Lipinski definition) is 0. The fraction of sp³-hybridized carbons (Fsp3) is 0.125. The molecule has 0 radical (unpaired) electrons. The highest BCUT2D eigenvalue weighted by atomic mass is 79.9. The quantitative estimate of drug-likeness (QED) is 0.789. The van der Waals surface area contributed by atoms with Gasteiger partial charge in [-0.1, -0.05) is 58.4 Å². The minimum absolute atomic E-state index is 0.0178. The van der Waals surface area contributed by atoms with Crippen molar-refractivity contribution in [3.05, 3.63) is 70.2 Å². The van der Waals surface area contributed by atoms with Gasteiger partial charge in [0.25, 0.3) is 0 Å². The van der Waals surface area contributed by atoms with E-state index < -0.39 is 0 Å². The summed E-state index contributed by atoms with van der Waals surface area (Å²) < 4.78 is 1.03. The SMILES string of the molecule is O=CN1N=C(c2ccccc2)CC1c1ccc(Br)cc1. The Morgan fingerprint density at radius 1 is 1.10 bits per heavy atom. The van der Waals surface area contributed by atoms with Gasteiger partial charge in [-0.2, -0.15) is 5.10 Å². The molecule has 1 aliphatic rings. The van der Waals surface area contributed by atoms with Crippen molar-refractivity contribution < 1.29 is 4.79 Å². The van der Waals surface area contributed by atoms with E-state index in [0.29, 0.717) is 0 Å². The standard InChI is InChI=1S/C16H13BrN2O/c17-14-8-6-13(7-9-14)16-10-15(18-19(16)11-20)12-4-2-1-3-5-12/h1-9,11,16H,10H2. The molecule has 4 heteroatoms. The van der Waals surface area contributed by atoms with E-state index in [1.54, 1.807) is 0 Å². The van der Waals surface area contributed by atoms with E-state index in [1.807, 2.05) is 54.6 Å². The summed E-state index contributed by atoms with van der Waals surface area (Å²) in [5.74, 6) is 0. The molecular formula is C16H13BrN2O. The Balaban J connectivity index is 1.89. The largest absolute Gasteiger partial charge is 0.277 e. The average molecular weight is 329 g/mol. The lowest BCUT2D eigenvalue weighted by molar-refractivity contribution is -0.119. The Kier molecular flexibility index (Phi) is 3.65. The van der Waals surface area contributed by atoms with Gasteiger partial charge in [-0.3, -0.25) is 4.79 Å². The lowest BCUT2D eigenvalue weighted by Gasteiger charge is -2.17. The molecule has 0 saturated carbocycles. The summed E-state index contributed by atoms with van der Waals surface area (Å²) in [5, 5.41) is 5.93. The van der Waals surface area contributed by atoms with Gasteiger partial charge in [0.1, 0.15) is 0 Å². The highest BCUT2D eigenvalue weighted by Crippen LogP contribution is 2.31. The maximum Gasteiger partial charge on any atom is 0.230 e. The van der Waals surface area contributed by atoms with Crippen LogP contribution < -0.4 is 0 Å². The number of hydrogen-bond acceptors (Lipinski definition) is 2. The molecule has 0 spiro atoms. The molecule has 2 aromatic carbocycles. The van der Waals surface area contributed by atoms with Crippen LogP contribution >= 0.6 is 15.9 Å². The summed E-state index contributed by atoms with van der Waals surface area (Å²) in [4.78, 5) is 11.2. The molecule has 0 aliphatic carbocycles. The lowest BCUT2D eigenvalue weighted by Crippen LogP contribution is -2.17. The summed E-state index contributed by atoms with van der Waals surface area (Å²) in [5.41, 5.74) is 3.11. The van der Waals surface area contributed by atoms with E-state index in [-0.39, 0.29) is 6.04 Å². The number of benzene rings is 2. The van der Waals surface area contributed by atoms with Gasteiger partial charge in [0.15, 0.2) is 0 Å². The van der Waals surface area contributed by atoms with E-state index in [1.165, 1.54) is 5.01 Å². The fourth-order valence-corrected chi connectivity index (χ4v) is 2.65. The Morgan fingerprint density at radius 2 is 1.80 bits per heavy atom. The van der Waals surface area contributed by atoms with Crippen LogP contribution in [-0.2, 0) is 4.79 Å². The molecule has 1 heterocycles. The van der Waals surface area contributed by atoms with Crippen LogP contribution in [0.5, 0.6) is 0 Å². The predicted molar refractivity (Wildman–Crippen MR) is 82.4 cm³/mol. The van der Waals surface area contributed by atoms with Gasteiger partial charge in [-0.05, 0) is 23.3 Å². The van der Waals surface area contributed by atoms with E-state index in [9.17, 15) is 4.79 Å². The van der Waals surface area contributed by atoms with Crippen LogP contribution in [0.2, 0.25) is 0 Å². The average Bonchev–Trinajstić information content (AvgIpc) is 2.93. The van der Waals surface area contributed by atoms with E-state index in [2.05, 4.69) is 21.0 Å². The smallest absolute Gasteiger partial charge is 0.230 e. The monoisotopic (exact) mass is 328 g/mol. The third-order valence-corrected chi connectivity index (χ3v) is 3.94. The predicted octanol–water partition coefficient (Wildman–Crippen LogP) is 3.76. The molecule has 3 nitrogen and oxygen atoms in total. The number of amides is 1. The van der Waals surface area contributed by atoms with Crippen LogP contribution in [0, 0.1) is 0 Å². The summed E-state index contributed by atoms with van der Waals surface area (Å²) in [6, 6.07) is 18.0. The molecule has 0 N–H and O–H groups in total. The first kappa shape index (κ1) is 13.1. The molecule has 1 aliphatic heterocycles. The van der Waals surface area contributed by atoms with Gasteiger partial charge in [0.2, 0.25) is 6.41 Å². The van der Waals surface area contributed by atoms with E-state index in [0.717, 1.165) is 34.1 Å². The van der Waals surface area contributed by atoms with Gasteiger partial charge >= 0.3 is 0 Å². The highest BCUT2D eigenvalue weighted by Gasteiger charge is 2.28. The number of carbonyl (C=O) groups excluding carboxylic acids is 1. The number of rotatable bonds is 3. The third-order valence-electron chi connectivity index (χ3n) is 3.41. The molecule has 1 amide bonds. The number of carbonyl (C=O) groups is 1. The van der Waals surface area contributed by atoms with Crippen molar-refractivity contribution in [3.63, 3.8) is 0 Å². The molecule has 3 rings (SSSR count). The Bertz CT molecular complexity index is 637. The number of nitrogens with zero attached hydrogens (tertiary/aromatic N) is 2. The first-order valence-corrected chi connectivity index (χ1v) is 7.19. The molecule has 0 fully saturated rings. The minimum Gasteiger partial charge on any atom is -0.277 e. The second kappa shape index (κ2) is 5.59. The van der Waals surface area contributed by atoms with Gasteiger partial charge in [-0.15, -0.1) is 0 Å². The van der Waals surface area contributed by atoms with Crippen molar-refractivity contribution in [2.75, 3.05) is 0 Å². The van der Waals surface area contributed by atoms with Crippen molar-refractivity contribution in [3.8, 4) is 0 Å². The van der Waals surface area contributed by atoms with Crippen LogP contribution in [0.15, 0.2) is 64.2 Å². The first-order valence-electron chi connectivity index (χ1n) is 6.40. The molecule has 0 bridgehead atoms. The topological polar surface area (TPSA) is 32.7 Å². The zero-order chi connectivity index (χ0) is 13.9. The third kappa shape index (κ3) is 2.51. The molecule has 100 valence electrons. The molecule has 1 unspecified atom stereocenters. The van der Waals surface area contributed by atoms with Gasteiger partial charge < -0.3 is 0 Å². The molecule has 1 atom stereocenters. The normalized spacial score (nSPS) is 17.9. The van der Waals surface area contributed by atoms with Gasteiger partial charge in [0, 0.05) is 10.9 Å². The molecule has 2 aromatic rings. The second-order valence-electron chi connectivity index (χ2n) is 4.67. The maximum atomic E-state index is 11.2. The highest BCUT2D eigenvalue weighted by molar-refractivity contribution is 9.10. The summed E-state index contributed by atoms with van der Waals surface area (Å²) in [6.07, 6.45) is 1.53. The Hall–Kier alpha value is -1.94. The van der Waals surface area contributed by atoms with Crippen LogP contribution in [0.4, 0.5) is 0 Å². The molecular weight excluding hydrogens is 316 g/mol. The van der Waals surface area contributed by atoms with Crippen molar-refractivity contribution in [2.24, 2.45) is 5.10 Å². The molecule has 0 aromatic heterocycles. The molecule has 0 saturated heterocycles. The van der Waals surface area contributed by atoms with E-state index >= 15 is 0 Å². The summed E-state index contributed by atoms with van der Waals surface area (Å²) in [6.45, 7) is 0.